The highest BCUT2D eigenvalue weighted by atomic mass is 127. The monoisotopic (exact) mass is 620 g/mol. The normalized spacial score (nSPS) is 9.43. The zero-order valence-corrected chi connectivity index (χ0v) is 22.0. The van der Waals surface area contributed by atoms with Crippen molar-refractivity contribution < 1.29 is 37.9 Å². The average molecular weight is 620 g/mol. The van der Waals surface area contributed by atoms with Gasteiger partial charge >= 0.3 is 19.1 Å². The van der Waals surface area contributed by atoms with Gasteiger partial charge in [-0.1, -0.05) is 49.9 Å². The van der Waals surface area contributed by atoms with Crippen molar-refractivity contribution >= 4 is 47.3 Å². The predicted octanol–water partition coefficient (Wildman–Crippen LogP) is 4.26. The van der Waals surface area contributed by atoms with Crippen molar-refractivity contribution in [1.29, 1.82) is 0 Å². The molecule has 0 radical (unpaired) electrons. The predicted molar refractivity (Wildman–Crippen MR) is 150 cm³/mol. The van der Waals surface area contributed by atoms with Gasteiger partial charge in [-0.05, 0) is 64.0 Å². The maximum atomic E-state index is 11.3. The van der Waals surface area contributed by atoms with Gasteiger partial charge in [0.2, 0.25) is 0 Å². The van der Waals surface area contributed by atoms with E-state index in [4.69, 9.17) is 14.5 Å². The highest BCUT2D eigenvalue weighted by Crippen LogP contribution is 2.24. The van der Waals surface area contributed by atoms with E-state index in [9.17, 15) is 9.59 Å². The van der Waals surface area contributed by atoms with Gasteiger partial charge in [-0.25, -0.2) is 0 Å². The highest BCUT2D eigenvalue weighted by Gasteiger charge is 2.12. The molecule has 0 saturated carbocycles. The highest BCUT2D eigenvalue weighted by molar-refractivity contribution is 14.1. The topological polar surface area (TPSA) is 119 Å². The molecule has 2 aromatic heterocycles. The minimum Gasteiger partial charge on any atom is -0.473 e. The fraction of sp³-hybridized carbons (Fsp3) is 0.185. The van der Waals surface area contributed by atoms with Gasteiger partial charge in [0.05, 0.1) is 39.6 Å². The molecule has 0 aliphatic heterocycles. The Morgan fingerprint density at radius 2 is 1.32 bits per heavy atom. The molecule has 0 amide bonds. The first kappa shape index (κ1) is 31.7. The quantitative estimate of drug-likeness (QED) is 0.187. The number of ether oxygens (including phenoxy) is 2. The van der Waals surface area contributed by atoms with Crippen LogP contribution in [0.3, 0.4) is 0 Å². The second-order valence-electron chi connectivity index (χ2n) is 7.12. The Morgan fingerprint density at radius 3 is 1.81 bits per heavy atom. The van der Waals surface area contributed by atoms with E-state index < -0.39 is 7.12 Å². The van der Waals surface area contributed by atoms with Gasteiger partial charge in [0.25, 0.3) is 0 Å². The van der Waals surface area contributed by atoms with Gasteiger partial charge in [0.1, 0.15) is 11.4 Å². The molecule has 10 heteroatoms. The van der Waals surface area contributed by atoms with Gasteiger partial charge in [-0.15, -0.1) is 0 Å². The van der Waals surface area contributed by atoms with Gasteiger partial charge in [0, 0.05) is 9.13 Å². The smallest absolute Gasteiger partial charge is 0.473 e. The van der Waals surface area contributed by atoms with Crippen molar-refractivity contribution in [2.45, 2.75) is 20.3 Å². The van der Waals surface area contributed by atoms with Crippen LogP contribution in [0.2, 0.25) is 0 Å². The Balaban J connectivity index is 0.000000290. The number of carbonyl (C=O) groups excluding carboxylic acids is 2. The molecule has 0 fully saturated rings. The van der Waals surface area contributed by atoms with Gasteiger partial charge in [-0.2, -0.15) is 0 Å². The average Bonchev–Trinajstić information content (AvgIpc) is 3.61. The van der Waals surface area contributed by atoms with Crippen molar-refractivity contribution in [2.75, 3.05) is 14.2 Å². The van der Waals surface area contributed by atoms with Crippen LogP contribution >= 0.6 is 22.6 Å². The number of rotatable bonds is 6. The van der Waals surface area contributed by atoms with Crippen LogP contribution in [0.4, 0.5) is 0 Å². The number of esters is 2. The van der Waals surface area contributed by atoms with Crippen LogP contribution in [0.5, 0.6) is 0 Å². The van der Waals surface area contributed by atoms with Crippen molar-refractivity contribution in [1.82, 2.24) is 0 Å². The lowest BCUT2D eigenvalue weighted by Gasteiger charge is -2.05. The molecule has 2 N–H and O–H groups in total. The number of hydrogen-bond acceptors (Lipinski definition) is 8. The third-order valence-corrected chi connectivity index (χ3v) is 5.74. The van der Waals surface area contributed by atoms with Crippen LogP contribution in [-0.2, 0) is 31.9 Å². The maximum absolute atomic E-state index is 11.3. The fourth-order valence-corrected chi connectivity index (χ4v) is 3.46. The van der Waals surface area contributed by atoms with Gasteiger partial charge in [-0.3, -0.25) is 9.59 Å². The van der Waals surface area contributed by atoms with Crippen molar-refractivity contribution in [3.8, 4) is 11.3 Å². The van der Waals surface area contributed by atoms with Gasteiger partial charge < -0.3 is 28.4 Å². The van der Waals surface area contributed by atoms with E-state index in [0.29, 0.717) is 6.42 Å². The number of methoxy groups -OCH3 is 2. The zero-order chi connectivity index (χ0) is 26.3. The minimum absolute atomic E-state index is 0. The molecule has 0 unspecified atom stereocenters. The summed E-state index contributed by atoms with van der Waals surface area (Å²) in [4.78, 5) is 22.2. The maximum Gasteiger partial charge on any atom is 0.526 e. The molecule has 37 heavy (non-hydrogen) atoms. The molecule has 2 heterocycles. The third-order valence-electron chi connectivity index (χ3n) is 4.68. The summed E-state index contributed by atoms with van der Waals surface area (Å²) in [5.74, 6) is 0.317. The number of carbonyl (C=O) groups is 2. The van der Waals surface area contributed by atoms with Crippen LogP contribution < -0.4 is 5.66 Å². The zero-order valence-electron chi connectivity index (χ0n) is 19.8. The summed E-state index contributed by atoms with van der Waals surface area (Å²) < 4.78 is 20.2. The molecule has 2 aromatic carbocycles. The second kappa shape index (κ2) is 17.2. The van der Waals surface area contributed by atoms with E-state index in [0.717, 1.165) is 26.0 Å². The van der Waals surface area contributed by atoms with Crippen LogP contribution in [0.1, 0.15) is 18.6 Å². The first-order valence-electron chi connectivity index (χ1n) is 10.7. The third kappa shape index (κ3) is 11.1. The van der Waals surface area contributed by atoms with Crippen molar-refractivity contribution in [2.24, 2.45) is 0 Å². The molecule has 0 aliphatic carbocycles. The molecule has 4 aromatic rings. The van der Waals surface area contributed by atoms with E-state index in [1.165, 1.54) is 26.5 Å². The largest absolute Gasteiger partial charge is 0.526 e. The Bertz CT molecular complexity index is 1190. The van der Waals surface area contributed by atoms with Crippen molar-refractivity contribution in [3.63, 3.8) is 0 Å². The lowest BCUT2D eigenvalue weighted by atomic mass is 9.88. The summed E-state index contributed by atoms with van der Waals surface area (Å²) in [7, 11) is 1.31. The van der Waals surface area contributed by atoms with Crippen LogP contribution in [0.25, 0.3) is 11.3 Å². The molecule has 4 rings (SSSR count). The Labute approximate surface area is 230 Å². The molecule has 0 atom stereocenters. The molecular formula is C27H30BIO8. The number of benzene rings is 2. The van der Waals surface area contributed by atoms with Crippen LogP contribution in [0, 0.1) is 3.57 Å². The molecule has 0 bridgehead atoms. The SMILES string of the molecule is C.COC(=O)Cc1ccccc1-c1ccco1.COC(=O)Cc1ccccc1I.OB(O)c1ccco1. The van der Waals surface area contributed by atoms with E-state index >= 15 is 0 Å². The first-order valence-corrected chi connectivity index (χ1v) is 11.8. The Morgan fingerprint density at radius 1 is 0.784 bits per heavy atom. The molecule has 0 saturated heterocycles. The fourth-order valence-electron chi connectivity index (χ4n) is 2.88. The standard InChI is InChI=1S/C13H12O3.C9H9IO2.C4H5BO3.CH4/c1-15-13(14)9-10-5-2-3-6-11(10)12-7-4-8-16-12;1-12-9(11)6-7-4-2-3-5-8(7)10;6-5(7)4-2-1-3-8-4;/h2-8H,9H2,1H3;2-5H,6H2,1H3;1-3,6-7H;1H4. The van der Waals surface area contributed by atoms with E-state index in [2.05, 4.69) is 36.5 Å². The lowest BCUT2D eigenvalue weighted by molar-refractivity contribution is -0.140. The molecule has 196 valence electrons. The molecule has 0 spiro atoms. The Hall–Kier alpha value is -3.35. The van der Waals surface area contributed by atoms with Gasteiger partial charge in [0.15, 0.2) is 0 Å². The van der Waals surface area contributed by atoms with Crippen molar-refractivity contribution in [3.05, 3.63) is 100 Å². The molecule has 0 aliphatic rings. The number of hydrogen-bond donors (Lipinski definition) is 2. The van der Waals surface area contributed by atoms with E-state index in [1.807, 2.05) is 60.7 Å². The summed E-state index contributed by atoms with van der Waals surface area (Å²) in [6.45, 7) is 0. The summed E-state index contributed by atoms with van der Waals surface area (Å²) in [5, 5.41) is 16.7. The molecule has 8 nitrogen and oxygen atoms in total. The first-order chi connectivity index (χ1) is 17.3. The molecular weight excluding hydrogens is 590 g/mol. The van der Waals surface area contributed by atoms with Crippen LogP contribution in [-0.4, -0.2) is 43.3 Å². The lowest BCUT2D eigenvalue weighted by Crippen LogP contribution is -2.27. The number of furan rings is 2. The summed E-state index contributed by atoms with van der Waals surface area (Å²) in [6.07, 6.45) is 3.61. The Kier molecular flexibility index (Phi) is 14.7. The summed E-state index contributed by atoms with van der Waals surface area (Å²) in [6, 6.07) is 22.2. The summed E-state index contributed by atoms with van der Waals surface area (Å²) in [5.41, 5.74) is 3.03. The van der Waals surface area contributed by atoms with E-state index in [1.54, 1.807) is 12.3 Å². The van der Waals surface area contributed by atoms with Crippen LogP contribution in [0.15, 0.2) is 94.2 Å². The second-order valence-corrected chi connectivity index (χ2v) is 8.28. The summed E-state index contributed by atoms with van der Waals surface area (Å²) >= 11 is 2.20. The number of halogens is 1. The van der Waals surface area contributed by atoms with E-state index in [-0.39, 0.29) is 31.4 Å². The minimum atomic E-state index is -1.48.